The van der Waals surface area contributed by atoms with Crippen LogP contribution in [0.2, 0.25) is 10.0 Å². The number of pyridine rings is 1. The number of halogens is 2. The molecule has 0 aliphatic heterocycles. The van der Waals surface area contributed by atoms with Gasteiger partial charge in [0.15, 0.2) is 0 Å². The van der Waals surface area contributed by atoms with Gasteiger partial charge in [0.05, 0.1) is 23.2 Å². The molecule has 0 unspecified atom stereocenters. The number of carboxylic acids is 1. The fourth-order valence-electron chi connectivity index (χ4n) is 2.45. The summed E-state index contributed by atoms with van der Waals surface area (Å²) in [6, 6.07) is 9.91. The van der Waals surface area contributed by atoms with Crippen molar-refractivity contribution in [3.8, 4) is 16.9 Å². The van der Waals surface area contributed by atoms with Gasteiger partial charge in [0.25, 0.3) is 0 Å². The van der Waals surface area contributed by atoms with Crippen molar-refractivity contribution in [3.05, 3.63) is 58.2 Å². The first-order chi connectivity index (χ1) is 11.0. The van der Waals surface area contributed by atoms with E-state index in [0.717, 1.165) is 5.56 Å². The van der Waals surface area contributed by atoms with E-state index in [2.05, 4.69) is 4.98 Å². The number of nitrogens with zero attached hydrogens (tertiary/aromatic N) is 1. The number of carbonyl (C=O) groups is 1. The maximum absolute atomic E-state index is 11.2. The summed E-state index contributed by atoms with van der Waals surface area (Å²) in [5.41, 5.74) is 2.19. The van der Waals surface area contributed by atoms with Crippen molar-refractivity contribution >= 4 is 40.1 Å². The number of carboxylic acid groups (broad SMARTS) is 1. The van der Waals surface area contributed by atoms with Gasteiger partial charge >= 0.3 is 5.97 Å². The van der Waals surface area contributed by atoms with Gasteiger partial charge in [-0.3, -0.25) is 4.98 Å². The molecule has 1 heterocycles. The molecule has 4 nitrogen and oxygen atoms in total. The molecular weight excluding hydrogens is 337 g/mol. The molecule has 1 aromatic heterocycles. The molecule has 0 spiro atoms. The fraction of sp³-hybridized carbons (Fsp3) is 0.0588. The molecule has 116 valence electrons. The predicted molar refractivity (Wildman–Crippen MR) is 90.7 cm³/mol. The Bertz CT molecular complexity index is 925. The minimum Gasteiger partial charge on any atom is -0.496 e. The summed E-state index contributed by atoms with van der Waals surface area (Å²) in [4.78, 5) is 15.5. The molecule has 3 rings (SSSR count). The number of aromatic nitrogens is 1. The molecule has 0 saturated heterocycles. The van der Waals surface area contributed by atoms with Crippen LogP contribution in [0.15, 0.2) is 42.6 Å². The molecule has 0 aliphatic rings. The van der Waals surface area contributed by atoms with Crippen LogP contribution >= 0.6 is 23.2 Å². The second kappa shape index (κ2) is 6.07. The second-order valence-corrected chi connectivity index (χ2v) is 5.71. The molecular formula is C17H11Cl2NO3. The van der Waals surface area contributed by atoms with E-state index < -0.39 is 5.97 Å². The molecule has 1 N–H and O–H groups in total. The van der Waals surface area contributed by atoms with Crippen LogP contribution in [0.25, 0.3) is 22.0 Å². The second-order valence-electron chi connectivity index (χ2n) is 4.86. The number of hydrogen-bond acceptors (Lipinski definition) is 3. The average Bonchev–Trinajstić information content (AvgIpc) is 2.54. The van der Waals surface area contributed by atoms with E-state index in [1.54, 1.807) is 30.3 Å². The van der Waals surface area contributed by atoms with E-state index in [0.29, 0.717) is 32.3 Å². The van der Waals surface area contributed by atoms with Gasteiger partial charge in [0, 0.05) is 27.7 Å². The zero-order chi connectivity index (χ0) is 16.6. The summed E-state index contributed by atoms with van der Waals surface area (Å²) in [6.45, 7) is 0. The topological polar surface area (TPSA) is 59.4 Å². The van der Waals surface area contributed by atoms with Gasteiger partial charge in [0.2, 0.25) is 0 Å². The Labute approximate surface area is 142 Å². The van der Waals surface area contributed by atoms with Crippen LogP contribution in [0.4, 0.5) is 0 Å². The van der Waals surface area contributed by atoms with Crippen molar-refractivity contribution in [1.29, 1.82) is 0 Å². The van der Waals surface area contributed by atoms with E-state index in [1.807, 2.05) is 0 Å². The van der Waals surface area contributed by atoms with Gasteiger partial charge in [-0.2, -0.15) is 0 Å². The van der Waals surface area contributed by atoms with Crippen LogP contribution in [0, 0.1) is 0 Å². The van der Waals surface area contributed by atoms with Crippen molar-refractivity contribution in [1.82, 2.24) is 4.98 Å². The maximum atomic E-state index is 11.2. The standard InChI is InChI=1S/C17H11Cl2NO3/c1-23-15-7-10(18)3-4-11(15)16-12-6-9(17(21)22)2-5-14(12)20-8-13(16)19/h2-8H,1H3,(H,21,22). The number of benzene rings is 2. The van der Waals surface area contributed by atoms with Gasteiger partial charge in [-0.1, -0.05) is 23.2 Å². The van der Waals surface area contributed by atoms with Crippen molar-refractivity contribution in [2.24, 2.45) is 0 Å². The highest BCUT2D eigenvalue weighted by Crippen LogP contribution is 2.40. The van der Waals surface area contributed by atoms with Crippen LogP contribution in [-0.4, -0.2) is 23.2 Å². The van der Waals surface area contributed by atoms with Crippen LogP contribution in [0.5, 0.6) is 5.75 Å². The molecule has 0 bridgehead atoms. The SMILES string of the molecule is COc1cc(Cl)ccc1-c1c(Cl)cnc2ccc(C(=O)O)cc12. The lowest BCUT2D eigenvalue weighted by Crippen LogP contribution is -1.97. The molecule has 2 aromatic carbocycles. The van der Waals surface area contributed by atoms with Gasteiger partial charge in [-0.15, -0.1) is 0 Å². The molecule has 0 amide bonds. The highest BCUT2D eigenvalue weighted by Gasteiger charge is 2.16. The van der Waals surface area contributed by atoms with E-state index in [4.69, 9.17) is 27.9 Å². The molecule has 23 heavy (non-hydrogen) atoms. The third-order valence-electron chi connectivity index (χ3n) is 3.50. The Morgan fingerprint density at radius 2 is 1.96 bits per heavy atom. The largest absolute Gasteiger partial charge is 0.496 e. The Morgan fingerprint density at radius 1 is 1.17 bits per heavy atom. The first kappa shape index (κ1) is 15.6. The van der Waals surface area contributed by atoms with Crippen LogP contribution < -0.4 is 4.74 Å². The molecule has 0 aliphatic carbocycles. The number of hydrogen-bond donors (Lipinski definition) is 1. The summed E-state index contributed by atoms with van der Waals surface area (Å²) in [6.07, 6.45) is 1.54. The van der Waals surface area contributed by atoms with Gasteiger partial charge in [-0.25, -0.2) is 4.79 Å². The fourth-order valence-corrected chi connectivity index (χ4v) is 2.86. The predicted octanol–water partition coefficient (Wildman–Crippen LogP) is 4.92. The normalized spacial score (nSPS) is 10.7. The number of methoxy groups -OCH3 is 1. The lowest BCUT2D eigenvalue weighted by atomic mass is 9.99. The van der Waals surface area contributed by atoms with E-state index >= 15 is 0 Å². The molecule has 6 heteroatoms. The van der Waals surface area contributed by atoms with Crippen molar-refractivity contribution in [2.75, 3.05) is 7.11 Å². The lowest BCUT2D eigenvalue weighted by molar-refractivity contribution is 0.0697. The highest BCUT2D eigenvalue weighted by molar-refractivity contribution is 6.35. The summed E-state index contributed by atoms with van der Waals surface area (Å²) < 4.78 is 5.38. The minimum atomic E-state index is -1.01. The Hall–Kier alpha value is -2.30. The zero-order valence-electron chi connectivity index (χ0n) is 12.0. The first-order valence-electron chi connectivity index (χ1n) is 6.66. The smallest absolute Gasteiger partial charge is 0.335 e. The Morgan fingerprint density at radius 3 is 2.65 bits per heavy atom. The van der Waals surface area contributed by atoms with E-state index in [-0.39, 0.29) is 5.56 Å². The number of ether oxygens (including phenoxy) is 1. The number of fused-ring (bicyclic) bond motifs is 1. The van der Waals surface area contributed by atoms with Crippen molar-refractivity contribution < 1.29 is 14.6 Å². The van der Waals surface area contributed by atoms with E-state index in [9.17, 15) is 9.90 Å². The minimum absolute atomic E-state index is 0.163. The third-order valence-corrected chi connectivity index (χ3v) is 4.02. The maximum Gasteiger partial charge on any atom is 0.335 e. The van der Waals surface area contributed by atoms with Crippen molar-refractivity contribution in [2.45, 2.75) is 0 Å². The van der Waals surface area contributed by atoms with Gasteiger partial charge in [0.1, 0.15) is 5.75 Å². The Balaban J connectivity index is 2.38. The molecule has 3 aromatic rings. The third kappa shape index (κ3) is 2.83. The van der Waals surface area contributed by atoms with Gasteiger partial charge < -0.3 is 9.84 Å². The molecule has 0 atom stereocenters. The summed E-state index contributed by atoms with van der Waals surface area (Å²) in [7, 11) is 1.54. The average molecular weight is 348 g/mol. The molecule has 0 saturated carbocycles. The summed E-state index contributed by atoms with van der Waals surface area (Å²) in [5.74, 6) is -0.464. The lowest BCUT2D eigenvalue weighted by Gasteiger charge is -2.13. The van der Waals surface area contributed by atoms with Gasteiger partial charge in [-0.05, 0) is 36.4 Å². The van der Waals surface area contributed by atoms with Crippen molar-refractivity contribution in [3.63, 3.8) is 0 Å². The molecule has 0 radical (unpaired) electrons. The number of aromatic carboxylic acids is 1. The summed E-state index contributed by atoms with van der Waals surface area (Å²) in [5, 5.41) is 10.8. The van der Waals surface area contributed by atoms with E-state index in [1.165, 1.54) is 19.4 Å². The molecule has 0 fully saturated rings. The van der Waals surface area contributed by atoms with Crippen LogP contribution in [0.1, 0.15) is 10.4 Å². The zero-order valence-corrected chi connectivity index (χ0v) is 13.5. The van der Waals surface area contributed by atoms with Crippen LogP contribution in [0.3, 0.4) is 0 Å². The summed E-state index contributed by atoms with van der Waals surface area (Å²) >= 11 is 12.3. The Kier molecular flexibility index (Phi) is 4.11. The number of rotatable bonds is 3. The monoisotopic (exact) mass is 347 g/mol. The quantitative estimate of drug-likeness (QED) is 0.730. The highest BCUT2D eigenvalue weighted by atomic mass is 35.5. The van der Waals surface area contributed by atoms with Crippen LogP contribution in [-0.2, 0) is 0 Å². The first-order valence-corrected chi connectivity index (χ1v) is 7.42.